The molecule has 0 aliphatic heterocycles. The van der Waals surface area contributed by atoms with Crippen LogP contribution < -0.4 is 5.32 Å². The first-order chi connectivity index (χ1) is 7.74. The molecule has 0 radical (unpaired) electrons. The van der Waals surface area contributed by atoms with Crippen molar-refractivity contribution in [3.05, 3.63) is 35.6 Å². The molecule has 0 aromatic heterocycles. The molecular formula is C12H15FINO. The molecule has 0 saturated carbocycles. The molecule has 0 saturated heterocycles. The van der Waals surface area contributed by atoms with Crippen LogP contribution in [0.25, 0.3) is 0 Å². The zero-order valence-electron chi connectivity index (χ0n) is 9.01. The van der Waals surface area contributed by atoms with Gasteiger partial charge in [0.05, 0.1) is 0 Å². The van der Waals surface area contributed by atoms with Gasteiger partial charge in [-0.3, -0.25) is 4.79 Å². The minimum Gasteiger partial charge on any atom is -0.352 e. The second kappa shape index (κ2) is 7.60. The highest BCUT2D eigenvalue weighted by molar-refractivity contribution is 14.1. The summed E-state index contributed by atoms with van der Waals surface area (Å²) < 4.78 is 14.0. The molecule has 0 heterocycles. The van der Waals surface area contributed by atoms with Gasteiger partial charge in [-0.2, -0.15) is 0 Å². The molecule has 2 nitrogen and oxygen atoms in total. The Balaban J connectivity index is 2.30. The fraction of sp³-hybridized carbons (Fsp3) is 0.417. The number of carbonyl (C=O) groups is 1. The topological polar surface area (TPSA) is 29.1 Å². The maximum absolute atomic E-state index is 12.8. The van der Waals surface area contributed by atoms with E-state index in [1.807, 2.05) is 0 Å². The molecule has 0 atom stereocenters. The molecule has 0 aliphatic rings. The molecule has 1 N–H and O–H groups in total. The van der Waals surface area contributed by atoms with Gasteiger partial charge in [0.2, 0.25) is 0 Å². The van der Waals surface area contributed by atoms with Crippen LogP contribution in [0.2, 0.25) is 0 Å². The molecule has 4 heteroatoms. The van der Waals surface area contributed by atoms with E-state index in [1.54, 1.807) is 12.1 Å². The predicted molar refractivity (Wildman–Crippen MR) is 71.5 cm³/mol. The second-order valence-electron chi connectivity index (χ2n) is 3.52. The molecule has 1 rings (SSSR count). The number of unbranched alkanes of at least 4 members (excludes halogenated alkanes) is 2. The molecule has 88 valence electrons. The quantitative estimate of drug-likeness (QED) is 0.483. The third-order valence-corrected chi connectivity index (χ3v) is 2.95. The molecule has 1 aromatic rings. The largest absolute Gasteiger partial charge is 0.352 e. The summed E-state index contributed by atoms with van der Waals surface area (Å²) in [5.74, 6) is -0.577. The first kappa shape index (κ1) is 13.4. The van der Waals surface area contributed by atoms with Gasteiger partial charge < -0.3 is 5.32 Å². The Morgan fingerprint density at radius 1 is 1.31 bits per heavy atom. The Labute approximate surface area is 109 Å². The Hall–Kier alpha value is -0.650. The number of halogens is 2. The molecule has 1 aromatic carbocycles. The predicted octanol–water partition coefficient (Wildman–Crippen LogP) is 3.16. The van der Waals surface area contributed by atoms with Crippen molar-refractivity contribution in [2.75, 3.05) is 11.0 Å². The number of hydrogen-bond acceptors (Lipinski definition) is 1. The van der Waals surface area contributed by atoms with Gasteiger partial charge in [-0.15, -0.1) is 0 Å². The molecule has 0 spiro atoms. The van der Waals surface area contributed by atoms with Gasteiger partial charge in [0.25, 0.3) is 5.91 Å². The lowest BCUT2D eigenvalue weighted by molar-refractivity contribution is 0.0952. The number of hydrogen-bond donors (Lipinski definition) is 1. The average Bonchev–Trinajstić information content (AvgIpc) is 2.28. The highest BCUT2D eigenvalue weighted by atomic mass is 127. The molecule has 0 bridgehead atoms. The maximum Gasteiger partial charge on any atom is 0.251 e. The lowest BCUT2D eigenvalue weighted by Crippen LogP contribution is -2.24. The van der Waals surface area contributed by atoms with Crippen LogP contribution in [-0.4, -0.2) is 16.9 Å². The molecule has 0 fully saturated rings. The summed E-state index contributed by atoms with van der Waals surface area (Å²) in [6.07, 6.45) is 3.27. The van der Waals surface area contributed by atoms with Crippen LogP contribution in [0.5, 0.6) is 0 Å². The minimum atomic E-state index is -0.377. The standard InChI is InChI=1S/C12H15FINO/c13-11-6-4-5-10(9-11)12(16)15-8-3-1-2-7-14/h4-6,9H,1-3,7-8H2,(H,15,16). The van der Waals surface area contributed by atoms with Crippen LogP contribution in [-0.2, 0) is 0 Å². The van der Waals surface area contributed by atoms with Gasteiger partial charge >= 0.3 is 0 Å². The van der Waals surface area contributed by atoms with E-state index < -0.39 is 0 Å². The van der Waals surface area contributed by atoms with Crippen molar-refractivity contribution in [3.8, 4) is 0 Å². The van der Waals surface area contributed by atoms with Crippen molar-refractivity contribution >= 4 is 28.5 Å². The van der Waals surface area contributed by atoms with Crippen molar-refractivity contribution in [1.29, 1.82) is 0 Å². The summed E-state index contributed by atoms with van der Waals surface area (Å²) in [6, 6.07) is 5.74. The number of benzene rings is 1. The lowest BCUT2D eigenvalue weighted by atomic mass is 10.2. The van der Waals surface area contributed by atoms with Crippen molar-refractivity contribution < 1.29 is 9.18 Å². The van der Waals surface area contributed by atoms with Crippen LogP contribution in [0.4, 0.5) is 4.39 Å². The van der Waals surface area contributed by atoms with Crippen molar-refractivity contribution in [1.82, 2.24) is 5.32 Å². The van der Waals surface area contributed by atoms with Gasteiger partial charge in [-0.1, -0.05) is 35.1 Å². The lowest BCUT2D eigenvalue weighted by Gasteiger charge is -2.04. The summed E-state index contributed by atoms with van der Waals surface area (Å²) in [4.78, 5) is 11.6. The zero-order chi connectivity index (χ0) is 11.8. The highest BCUT2D eigenvalue weighted by Crippen LogP contribution is 2.03. The molecule has 1 amide bonds. The van der Waals surface area contributed by atoms with Crippen LogP contribution >= 0.6 is 22.6 Å². The van der Waals surface area contributed by atoms with Crippen LogP contribution in [0.3, 0.4) is 0 Å². The van der Waals surface area contributed by atoms with Gasteiger partial charge in [0.15, 0.2) is 0 Å². The number of carbonyl (C=O) groups excluding carboxylic acids is 1. The summed E-state index contributed by atoms with van der Waals surface area (Å²) in [7, 11) is 0. The van der Waals surface area contributed by atoms with Gasteiger partial charge in [-0.05, 0) is 35.5 Å². The Morgan fingerprint density at radius 2 is 2.12 bits per heavy atom. The average molecular weight is 335 g/mol. The van der Waals surface area contributed by atoms with E-state index in [9.17, 15) is 9.18 Å². The summed E-state index contributed by atoms with van der Waals surface area (Å²) in [6.45, 7) is 0.659. The van der Waals surface area contributed by atoms with Gasteiger partial charge in [-0.25, -0.2) is 4.39 Å². The van der Waals surface area contributed by atoms with E-state index in [1.165, 1.54) is 18.6 Å². The smallest absolute Gasteiger partial charge is 0.251 e. The fourth-order valence-electron chi connectivity index (χ4n) is 1.33. The molecule has 0 unspecified atom stereocenters. The Morgan fingerprint density at radius 3 is 2.81 bits per heavy atom. The van der Waals surface area contributed by atoms with Crippen molar-refractivity contribution in [2.24, 2.45) is 0 Å². The van der Waals surface area contributed by atoms with E-state index in [-0.39, 0.29) is 11.7 Å². The highest BCUT2D eigenvalue weighted by Gasteiger charge is 2.04. The summed E-state index contributed by atoms with van der Waals surface area (Å²) >= 11 is 2.34. The first-order valence-corrected chi connectivity index (χ1v) is 6.86. The normalized spacial score (nSPS) is 10.1. The van der Waals surface area contributed by atoms with Crippen LogP contribution in [0.15, 0.2) is 24.3 Å². The molecule has 16 heavy (non-hydrogen) atoms. The second-order valence-corrected chi connectivity index (χ2v) is 4.59. The van der Waals surface area contributed by atoms with Crippen molar-refractivity contribution in [2.45, 2.75) is 19.3 Å². The number of amides is 1. The van der Waals surface area contributed by atoms with Crippen LogP contribution in [0, 0.1) is 5.82 Å². The number of alkyl halides is 1. The fourth-order valence-corrected chi connectivity index (χ4v) is 1.87. The Bertz CT molecular complexity index is 344. The Kier molecular flexibility index (Phi) is 6.37. The zero-order valence-corrected chi connectivity index (χ0v) is 11.2. The third-order valence-electron chi connectivity index (χ3n) is 2.18. The third kappa shape index (κ3) is 4.92. The van der Waals surface area contributed by atoms with Gasteiger partial charge in [0.1, 0.15) is 5.82 Å². The SMILES string of the molecule is O=C(NCCCCCI)c1cccc(F)c1. The number of nitrogens with one attached hydrogen (secondary N) is 1. The van der Waals surface area contributed by atoms with Gasteiger partial charge in [0, 0.05) is 12.1 Å². The summed E-state index contributed by atoms with van der Waals surface area (Å²) in [5, 5.41) is 2.78. The molecule has 0 aliphatic carbocycles. The monoisotopic (exact) mass is 335 g/mol. The summed E-state index contributed by atoms with van der Waals surface area (Å²) in [5.41, 5.74) is 0.383. The number of rotatable bonds is 6. The van der Waals surface area contributed by atoms with E-state index >= 15 is 0 Å². The van der Waals surface area contributed by atoms with E-state index in [4.69, 9.17) is 0 Å². The van der Waals surface area contributed by atoms with E-state index in [0.29, 0.717) is 12.1 Å². The van der Waals surface area contributed by atoms with E-state index in [0.717, 1.165) is 17.3 Å². The molecular weight excluding hydrogens is 320 g/mol. The maximum atomic E-state index is 12.8. The van der Waals surface area contributed by atoms with E-state index in [2.05, 4.69) is 27.9 Å². The van der Waals surface area contributed by atoms with Crippen LogP contribution in [0.1, 0.15) is 29.6 Å². The first-order valence-electron chi connectivity index (χ1n) is 5.34. The minimum absolute atomic E-state index is 0.200. The van der Waals surface area contributed by atoms with Crippen molar-refractivity contribution in [3.63, 3.8) is 0 Å².